The number of anilines is 1. The second-order valence-corrected chi connectivity index (χ2v) is 5.33. The van der Waals surface area contributed by atoms with Crippen molar-refractivity contribution in [2.75, 3.05) is 5.32 Å². The Morgan fingerprint density at radius 3 is 2.61 bits per heavy atom. The van der Waals surface area contributed by atoms with Gasteiger partial charge in [0.15, 0.2) is 0 Å². The fraction of sp³-hybridized carbons (Fsp3) is 0.176. The summed E-state index contributed by atoms with van der Waals surface area (Å²) >= 11 is 0. The van der Waals surface area contributed by atoms with Crippen molar-refractivity contribution in [3.05, 3.63) is 59.9 Å². The first-order valence-corrected chi connectivity index (χ1v) is 7.37. The molecule has 1 aliphatic rings. The molecule has 0 unspecified atom stereocenters. The summed E-state index contributed by atoms with van der Waals surface area (Å²) in [6, 6.07) is 10.3. The summed E-state index contributed by atoms with van der Waals surface area (Å²) in [5, 5.41) is 6.71. The summed E-state index contributed by atoms with van der Waals surface area (Å²) in [6.07, 6.45) is 6.75. The maximum absolute atomic E-state index is 12.0. The number of nitrogens with one attached hydrogen (secondary N) is 2. The van der Waals surface area contributed by atoms with Crippen molar-refractivity contribution in [3.63, 3.8) is 0 Å². The van der Waals surface area contributed by atoms with Crippen LogP contribution in [0.25, 0.3) is 0 Å². The highest BCUT2D eigenvalue weighted by molar-refractivity contribution is 5.97. The molecule has 0 aliphatic heterocycles. The third-order valence-corrected chi connectivity index (χ3v) is 3.43. The zero-order chi connectivity index (χ0) is 16.1. The van der Waals surface area contributed by atoms with Gasteiger partial charge in [0.05, 0.1) is 6.21 Å². The smallest absolute Gasteiger partial charge is 0.271 e. The van der Waals surface area contributed by atoms with Gasteiger partial charge in [-0.1, -0.05) is 6.07 Å². The third-order valence-electron chi connectivity index (χ3n) is 3.43. The molecule has 6 heteroatoms. The average Bonchev–Trinajstić information content (AvgIpc) is 3.41. The van der Waals surface area contributed by atoms with Crippen LogP contribution >= 0.6 is 0 Å². The number of benzene rings is 1. The number of aromatic nitrogens is 1. The summed E-state index contributed by atoms with van der Waals surface area (Å²) < 4.78 is 0. The number of pyridine rings is 1. The predicted octanol–water partition coefficient (Wildman–Crippen LogP) is 2.19. The molecule has 2 N–H and O–H groups in total. The molecule has 0 atom stereocenters. The largest absolute Gasteiger partial charge is 0.326 e. The standard InChI is InChI=1S/C17H16N4O2/c22-16(13-3-4-13)20-15-7-5-14(6-8-15)17(23)21-19-11-12-2-1-9-18-10-12/h1-2,5-11,13H,3-4H2,(H,20,22)(H,21,23). The number of carbonyl (C=O) groups is 2. The molecule has 0 bridgehead atoms. The van der Waals surface area contributed by atoms with Crippen molar-refractivity contribution < 1.29 is 9.59 Å². The van der Waals surface area contributed by atoms with Gasteiger partial charge in [0.2, 0.25) is 5.91 Å². The van der Waals surface area contributed by atoms with Crippen molar-refractivity contribution in [3.8, 4) is 0 Å². The molecule has 1 aromatic carbocycles. The minimum absolute atomic E-state index is 0.0447. The minimum atomic E-state index is -0.315. The number of hydrogen-bond donors (Lipinski definition) is 2. The van der Waals surface area contributed by atoms with Crippen molar-refractivity contribution >= 4 is 23.7 Å². The highest BCUT2D eigenvalue weighted by atomic mass is 16.2. The monoisotopic (exact) mass is 308 g/mol. The van der Waals surface area contributed by atoms with Crippen LogP contribution < -0.4 is 10.7 Å². The SMILES string of the molecule is O=C(NN=Cc1cccnc1)c1ccc(NC(=O)C2CC2)cc1. The molecule has 3 rings (SSSR count). The highest BCUT2D eigenvalue weighted by Crippen LogP contribution is 2.30. The zero-order valence-electron chi connectivity index (χ0n) is 12.4. The topological polar surface area (TPSA) is 83.4 Å². The van der Waals surface area contributed by atoms with Crippen LogP contribution in [0.4, 0.5) is 5.69 Å². The van der Waals surface area contributed by atoms with Crippen LogP contribution in [0.1, 0.15) is 28.8 Å². The van der Waals surface area contributed by atoms with Crippen molar-refractivity contribution in [2.45, 2.75) is 12.8 Å². The number of hydrogen-bond acceptors (Lipinski definition) is 4. The van der Waals surface area contributed by atoms with Gasteiger partial charge in [-0.25, -0.2) is 5.43 Å². The van der Waals surface area contributed by atoms with Gasteiger partial charge in [-0.15, -0.1) is 0 Å². The molecule has 1 aliphatic carbocycles. The number of carbonyl (C=O) groups excluding carboxylic acids is 2. The molecule has 2 amide bonds. The summed E-state index contributed by atoms with van der Waals surface area (Å²) in [5.41, 5.74) is 4.41. The van der Waals surface area contributed by atoms with Crippen LogP contribution in [0.5, 0.6) is 0 Å². The molecule has 1 aromatic heterocycles. The summed E-state index contributed by atoms with van der Waals surface area (Å²) in [5.74, 6) is -0.117. The lowest BCUT2D eigenvalue weighted by molar-refractivity contribution is -0.117. The Balaban J connectivity index is 1.55. The quantitative estimate of drug-likeness (QED) is 0.656. The van der Waals surface area contributed by atoms with Gasteiger partial charge >= 0.3 is 0 Å². The Morgan fingerprint density at radius 1 is 1.17 bits per heavy atom. The normalized spacial score (nSPS) is 13.7. The minimum Gasteiger partial charge on any atom is -0.326 e. The van der Waals surface area contributed by atoms with E-state index in [9.17, 15) is 9.59 Å². The summed E-state index contributed by atoms with van der Waals surface area (Å²) in [4.78, 5) is 27.6. The van der Waals surface area contributed by atoms with Gasteiger partial charge in [0.25, 0.3) is 5.91 Å². The second-order valence-electron chi connectivity index (χ2n) is 5.33. The van der Waals surface area contributed by atoms with Gasteiger partial charge in [-0.2, -0.15) is 5.10 Å². The number of hydrazone groups is 1. The van der Waals surface area contributed by atoms with E-state index in [1.54, 1.807) is 42.7 Å². The Morgan fingerprint density at radius 2 is 1.96 bits per heavy atom. The molecule has 23 heavy (non-hydrogen) atoms. The molecule has 6 nitrogen and oxygen atoms in total. The number of rotatable bonds is 5. The lowest BCUT2D eigenvalue weighted by Crippen LogP contribution is -2.18. The van der Waals surface area contributed by atoms with Gasteiger partial charge in [-0.3, -0.25) is 14.6 Å². The summed E-state index contributed by atoms with van der Waals surface area (Å²) in [7, 11) is 0. The molecule has 1 heterocycles. The van der Waals surface area contributed by atoms with Crippen molar-refractivity contribution in [1.82, 2.24) is 10.4 Å². The van der Waals surface area contributed by atoms with Crippen molar-refractivity contribution in [1.29, 1.82) is 0 Å². The first kappa shape index (κ1) is 14.9. The molecule has 1 fully saturated rings. The number of nitrogens with zero attached hydrogens (tertiary/aromatic N) is 2. The molecule has 0 spiro atoms. The van der Waals surface area contributed by atoms with Crippen LogP contribution in [-0.4, -0.2) is 23.0 Å². The van der Waals surface area contributed by atoms with E-state index in [1.807, 2.05) is 6.07 Å². The molecular formula is C17H16N4O2. The maximum atomic E-state index is 12.0. The first-order chi connectivity index (χ1) is 11.2. The third kappa shape index (κ3) is 4.23. The molecule has 2 aromatic rings. The zero-order valence-corrected chi connectivity index (χ0v) is 12.4. The molecular weight excluding hydrogens is 292 g/mol. The Kier molecular flexibility index (Phi) is 4.42. The average molecular weight is 308 g/mol. The van der Waals surface area contributed by atoms with E-state index in [1.165, 1.54) is 6.21 Å². The predicted molar refractivity (Wildman–Crippen MR) is 87.1 cm³/mol. The van der Waals surface area contributed by atoms with E-state index in [0.29, 0.717) is 11.3 Å². The molecule has 1 saturated carbocycles. The second kappa shape index (κ2) is 6.83. The van der Waals surface area contributed by atoms with Crippen molar-refractivity contribution in [2.24, 2.45) is 11.0 Å². The Hall–Kier alpha value is -3.02. The molecule has 0 saturated heterocycles. The first-order valence-electron chi connectivity index (χ1n) is 7.37. The Bertz CT molecular complexity index is 722. The van der Waals surface area contributed by atoms with Gasteiger partial charge < -0.3 is 5.32 Å². The van der Waals surface area contributed by atoms with E-state index in [-0.39, 0.29) is 17.7 Å². The van der Waals surface area contributed by atoms with Gasteiger partial charge in [0, 0.05) is 35.1 Å². The van der Waals surface area contributed by atoms with E-state index in [2.05, 4.69) is 20.8 Å². The van der Waals surface area contributed by atoms with E-state index in [4.69, 9.17) is 0 Å². The van der Waals surface area contributed by atoms with Gasteiger partial charge in [0.1, 0.15) is 0 Å². The van der Waals surface area contributed by atoms with Crippen LogP contribution in [0.3, 0.4) is 0 Å². The lowest BCUT2D eigenvalue weighted by atomic mass is 10.2. The van der Waals surface area contributed by atoms with Crippen LogP contribution in [0, 0.1) is 5.92 Å². The van der Waals surface area contributed by atoms with Crippen LogP contribution in [0.15, 0.2) is 53.9 Å². The lowest BCUT2D eigenvalue weighted by Gasteiger charge is -2.05. The molecule has 0 radical (unpaired) electrons. The molecule has 116 valence electrons. The van der Waals surface area contributed by atoms with E-state index in [0.717, 1.165) is 18.4 Å². The Labute approximate surface area is 133 Å². The fourth-order valence-electron chi connectivity index (χ4n) is 1.98. The van der Waals surface area contributed by atoms with Crippen LogP contribution in [-0.2, 0) is 4.79 Å². The summed E-state index contributed by atoms with van der Waals surface area (Å²) in [6.45, 7) is 0. The van der Waals surface area contributed by atoms with Crippen LogP contribution in [0.2, 0.25) is 0 Å². The fourth-order valence-corrected chi connectivity index (χ4v) is 1.98. The number of amides is 2. The van der Waals surface area contributed by atoms with Gasteiger partial charge in [-0.05, 0) is 43.2 Å². The van der Waals surface area contributed by atoms with E-state index >= 15 is 0 Å². The van der Waals surface area contributed by atoms with E-state index < -0.39 is 0 Å². The highest BCUT2D eigenvalue weighted by Gasteiger charge is 2.29. The maximum Gasteiger partial charge on any atom is 0.271 e.